The second-order valence-corrected chi connectivity index (χ2v) is 7.32. The van der Waals surface area contributed by atoms with Gasteiger partial charge >= 0.3 is 0 Å². The molecule has 0 amide bonds. The molecule has 2 rings (SSSR count). The highest BCUT2D eigenvalue weighted by Crippen LogP contribution is 2.25. The summed E-state index contributed by atoms with van der Waals surface area (Å²) in [6, 6.07) is 8.92. The van der Waals surface area contributed by atoms with Gasteiger partial charge in [-0.25, -0.2) is 0 Å². The summed E-state index contributed by atoms with van der Waals surface area (Å²) in [5, 5.41) is 3.57. The van der Waals surface area contributed by atoms with Gasteiger partial charge in [0.15, 0.2) is 0 Å². The van der Waals surface area contributed by atoms with E-state index in [-0.39, 0.29) is 0 Å². The van der Waals surface area contributed by atoms with Crippen molar-refractivity contribution in [3.8, 4) is 0 Å². The Kier molecular flexibility index (Phi) is 6.25. The average molecular weight is 288 g/mol. The summed E-state index contributed by atoms with van der Waals surface area (Å²) in [5.74, 6) is 2.41. The van der Waals surface area contributed by atoms with Gasteiger partial charge in [0, 0.05) is 19.6 Å². The molecule has 118 valence electrons. The molecule has 1 saturated heterocycles. The maximum atomic E-state index is 3.57. The van der Waals surface area contributed by atoms with E-state index in [1.165, 1.54) is 30.6 Å². The van der Waals surface area contributed by atoms with Crippen LogP contribution in [0.25, 0.3) is 0 Å². The molecule has 0 aromatic heterocycles. The van der Waals surface area contributed by atoms with E-state index in [2.05, 4.69) is 62.2 Å². The smallest absolute Gasteiger partial charge is 0.0237 e. The molecule has 2 nitrogen and oxygen atoms in total. The summed E-state index contributed by atoms with van der Waals surface area (Å²) >= 11 is 0. The van der Waals surface area contributed by atoms with Crippen LogP contribution in [0.15, 0.2) is 24.3 Å². The van der Waals surface area contributed by atoms with Crippen molar-refractivity contribution < 1.29 is 0 Å². The van der Waals surface area contributed by atoms with Crippen molar-refractivity contribution in [2.75, 3.05) is 19.6 Å². The summed E-state index contributed by atoms with van der Waals surface area (Å²) in [5.41, 5.74) is 2.96. The molecule has 0 radical (unpaired) electrons. The van der Waals surface area contributed by atoms with Crippen LogP contribution >= 0.6 is 0 Å². The molecule has 1 aliphatic rings. The first-order valence-corrected chi connectivity index (χ1v) is 8.56. The molecule has 0 saturated carbocycles. The van der Waals surface area contributed by atoms with Crippen LogP contribution in [0.1, 0.15) is 45.2 Å². The van der Waals surface area contributed by atoms with E-state index in [0.717, 1.165) is 31.5 Å². The van der Waals surface area contributed by atoms with Crippen LogP contribution in [-0.4, -0.2) is 24.5 Å². The van der Waals surface area contributed by atoms with Crippen molar-refractivity contribution in [3.05, 3.63) is 35.4 Å². The van der Waals surface area contributed by atoms with Crippen molar-refractivity contribution >= 4 is 0 Å². The summed E-state index contributed by atoms with van der Waals surface area (Å²) in [6.45, 7) is 15.0. The Bertz CT molecular complexity index is 425. The minimum atomic E-state index is 0.711. The van der Waals surface area contributed by atoms with Gasteiger partial charge in [0.1, 0.15) is 0 Å². The third-order valence-electron chi connectivity index (χ3n) is 4.63. The number of likely N-dealkylation sites (tertiary alicyclic amines) is 1. The molecule has 0 spiro atoms. The lowest BCUT2D eigenvalue weighted by Crippen LogP contribution is -2.24. The lowest BCUT2D eigenvalue weighted by Gasteiger charge is -2.20. The molecule has 1 atom stereocenters. The van der Waals surface area contributed by atoms with Gasteiger partial charge in [0.25, 0.3) is 0 Å². The Morgan fingerprint density at radius 1 is 1.14 bits per heavy atom. The maximum Gasteiger partial charge on any atom is 0.0237 e. The average Bonchev–Trinajstić information content (AvgIpc) is 2.89. The first kappa shape index (κ1) is 16.5. The van der Waals surface area contributed by atoms with Crippen molar-refractivity contribution in [2.24, 2.45) is 17.8 Å². The lowest BCUT2D eigenvalue weighted by atomic mass is 9.95. The first-order chi connectivity index (χ1) is 10.1. The highest BCUT2D eigenvalue weighted by molar-refractivity contribution is 5.27. The van der Waals surface area contributed by atoms with Crippen LogP contribution in [0.3, 0.4) is 0 Å². The third-order valence-corrected chi connectivity index (χ3v) is 4.63. The topological polar surface area (TPSA) is 15.3 Å². The van der Waals surface area contributed by atoms with Gasteiger partial charge in [-0.05, 0) is 48.4 Å². The lowest BCUT2D eigenvalue weighted by molar-refractivity contribution is 0.296. The second kappa shape index (κ2) is 7.95. The Balaban J connectivity index is 1.91. The van der Waals surface area contributed by atoms with Crippen molar-refractivity contribution in [3.63, 3.8) is 0 Å². The molecule has 0 aliphatic carbocycles. The van der Waals surface area contributed by atoms with Crippen LogP contribution in [-0.2, 0) is 13.1 Å². The fourth-order valence-corrected chi connectivity index (χ4v) is 3.17. The summed E-state index contributed by atoms with van der Waals surface area (Å²) < 4.78 is 0. The Morgan fingerprint density at radius 2 is 1.86 bits per heavy atom. The van der Waals surface area contributed by atoms with Gasteiger partial charge in [0.2, 0.25) is 0 Å². The highest BCUT2D eigenvalue weighted by Gasteiger charge is 2.24. The first-order valence-electron chi connectivity index (χ1n) is 8.56. The molecule has 1 N–H and O–H groups in total. The van der Waals surface area contributed by atoms with Gasteiger partial charge in [-0.1, -0.05) is 52.0 Å². The van der Waals surface area contributed by atoms with Gasteiger partial charge in [-0.2, -0.15) is 0 Å². The maximum absolute atomic E-state index is 3.57. The molecule has 1 aliphatic heterocycles. The molecular formula is C19H32N2. The molecule has 1 unspecified atom stereocenters. The minimum absolute atomic E-state index is 0.711. The van der Waals surface area contributed by atoms with E-state index in [1.807, 2.05) is 0 Å². The van der Waals surface area contributed by atoms with Crippen LogP contribution in [0.5, 0.6) is 0 Å². The zero-order valence-corrected chi connectivity index (χ0v) is 14.2. The van der Waals surface area contributed by atoms with E-state index in [4.69, 9.17) is 0 Å². The zero-order chi connectivity index (χ0) is 15.2. The molecule has 1 fully saturated rings. The third kappa shape index (κ3) is 5.12. The summed E-state index contributed by atoms with van der Waals surface area (Å²) in [4.78, 5) is 2.63. The fourth-order valence-electron chi connectivity index (χ4n) is 3.17. The molecule has 1 aromatic rings. The SMILES string of the molecule is CC(C)CNCc1ccccc1CN1CCC(C(C)C)C1. The standard InChI is InChI=1S/C19H32N2/c1-15(2)11-20-12-17-7-5-6-8-19(17)14-21-10-9-18(13-21)16(3)4/h5-8,15-16,18,20H,9-14H2,1-4H3. The quantitative estimate of drug-likeness (QED) is 0.818. The highest BCUT2D eigenvalue weighted by atomic mass is 15.1. The van der Waals surface area contributed by atoms with Crippen molar-refractivity contribution in [1.29, 1.82) is 0 Å². The van der Waals surface area contributed by atoms with Crippen LogP contribution in [0.2, 0.25) is 0 Å². The summed E-state index contributed by atoms with van der Waals surface area (Å²) in [7, 11) is 0. The van der Waals surface area contributed by atoms with E-state index in [1.54, 1.807) is 0 Å². The molecule has 2 heteroatoms. The fraction of sp³-hybridized carbons (Fsp3) is 0.684. The number of hydrogen-bond acceptors (Lipinski definition) is 2. The Labute approximate surface area is 130 Å². The largest absolute Gasteiger partial charge is 0.312 e. The zero-order valence-electron chi connectivity index (χ0n) is 14.2. The predicted octanol–water partition coefficient (Wildman–Crippen LogP) is 3.91. The van der Waals surface area contributed by atoms with E-state index >= 15 is 0 Å². The Hall–Kier alpha value is -0.860. The number of hydrogen-bond donors (Lipinski definition) is 1. The monoisotopic (exact) mass is 288 g/mol. The van der Waals surface area contributed by atoms with Gasteiger partial charge in [-0.15, -0.1) is 0 Å². The van der Waals surface area contributed by atoms with Crippen molar-refractivity contribution in [2.45, 2.75) is 47.2 Å². The minimum Gasteiger partial charge on any atom is -0.312 e. The molecular weight excluding hydrogens is 256 g/mol. The second-order valence-electron chi connectivity index (χ2n) is 7.32. The molecule has 21 heavy (non-hydrogen) atoms. The van der Waals surface area contributed by atoms with E-state index < -0.39 is 0 Å². The number of nitrogens with one attached hydrogen (secondary N) is 1. The number of benzene rings is 1. The molecule has 1 aromatic carbocycles. The predicted molar refractivity (Wildman–Crippen MR) is 91.2 cm³/mol. The van der Waals surface area contributed by atoms with Crippen LogP contribution in [0, 0.1) is 17.8 Å². The normalized spacial score (nSPS) is 19.8. The van der Waals surface area contributed by atoms with E-state index in [0.29, 0.717) is 5.92 Å². The molecule has 1 heterocycles. The van der Waals surface area contributed by atoms with Crippen molar-refractivity contribution in [1.82, 2.24) is 10.2 Å². The number of nitrogens with zero attached hydrogens (tertiary/aromatic N) is 1. The van der Waals surface area contributed by atoms with Crippen LogP contribution in [0.4, 0.5) is 0 Å². The van der Waals surface area contributed by atoms with Gasteiger partial charge < -0.3 is 5.32 Å². The van der Waals surface area contributed by atoms with Crippen LogP contribution < -0.4 is 5.32 Å². The Morgan fingerprint density at radius 3 is 2.48 bits per heavy atom. The van der Waals surface area contributed by atoms with Gasteiger partial charge in [0.05, 0.1) is 0 Å². The van der Waals surface area contributed by atoms with E-state index in [9.17, 15) is 0 Å². The summed E-state index contributed by atoms with van der Waals surface area (Å²) in [6.07, 6.45) is 1.37. The number of rotatable bonds is 7. The molecule has 0 bridgehead atoms. The van der Waals surface area contributed by atoms with Gasteiger partial charge in [-0.3, -0.25) is 4.90 Å².